The summed E-state index contributed by atoms with van der Waals surface area (Å²) in [5, 5.41) is 10.6. The van der Waals surface area contributed by atoms with E-state index in [1.54, 1.807) is 7.11 Å². The third-order valence-electron chi connectivity index (χ3n) is 5.55. The van der Waals surface area contributed by atoms with Gasteiger partial charge in [0, 0.05) is 35.4 Å². The first-order chi connectivity index (χ1) is 17.1. The Labute approximate surface area is 205 Å². The van der Waals surface area contributed by atoms with Gasteiger partial charge < -0.3 is 4.74 Å². The number of ether oxygens (including phenoxy) is 1. The number of benzene rings is 3. The molecule has 0 saturated heterocycles. The van der Waals surface area contributed by atoms with Gasteiger partial charge in [0.2, 0.25) is 0 Å². The van der Waals surface area contributed by atoms with Crippen LogP contribution >= 0.6 is 11.8 Å². The molecule has 0 unspecified atom stereocenters. The number of aromatic nitrogens is 4. The van der Waals surface area contributed by atoms with Crippen LogP contribution in [-0.4, -0.2) is 33.5 Å². The third-order valence-corrected chi connectivity index (χ3v) is 6.59. The molecule has 2 aromatic heterocycles. The number of nitrogens with zero attached hydrogens (tertiary/aromatic N) is 4. The molecule has 0 spiro atoms. The number of thioether (sulfide) groups is 1. The van der Waals surface area contributed by atoms with E-state index in [2.05, 4.69) is 10.2 Å². The van der Waals surface area contributed by atoms with Gasteiger partial charge in [0.1, 0.15) is 11.6 Å². The molecular formula is C27H22F2N4OS. The predicted molar refractivity (Wildman–Crippen MR) is 134 cm³/mol. The molecule has 5 rings (SSSR count). The van der Waals surface area contributed by atoms with Crippen LogP contribution in [0.1, 0.15) is 5.56 Å². The number of hydrogen-bond donors (Lipinski definition) is 0. The van der Waals surface area contributed by atoms with Crippen LogP contribution in [0.15, 0.2) is 84.0 Å². The van der Waals surface area contributed by atoms with Gasteiger partial charge in [-0.3, -0.25) is 4.57 Å². The number of halogens is 2. The second-order valence-electron chi connectivity index (χ2n) is 7.96. The van der Waals surface area contributed by atoms with Crippen molar-refractivity contribution in [2.24, 2.45) is 0 Å². The molecule has 0 fully saturated rings. The molecule has 0 aliphatic heterocycles. The number of methoxy groups -OCH3 is 1. The summed E-state index contributed by atoms with van der Waals surface area (Å²) >= 11 is 1.37. The van der Waals surface area contributed by atoms with Crippen LogP contribution in [0.4, 0.5) is 8.78 Å². The maximum atomic E-state index is 13.6. The van der Waals surface area contributed by atoms with Crippen LogP contribution in [0.2, 0.25) is 0 Å². The molecule has 8 heteroatoms. The normalized spacial score (nSPS) is 11.3. The summed E-state index contributed by atoms with van der Waals surface area (Å²) in [7, 11) is 1.64. The van der Waals surface area contributed by atoms with Crippen LogP contribution in [-0.2, 0) is 17.0 Å². The van der Waals surface area contributed by atoms with E-state index >= 15 is 0 Å². The van der Waals surface area contributed by atoms with Crippen molar-refractivity contribution < 1.29 is 13.5 Å². The molecule has 176 valence electrons. The largest absolute Gasteiger partial charge is 0.383 e. The Hall–Kier alpha value is -3.62. The minimum atomic E-state index is -0.598. The molecule has 5 nitrogen and oxygen atoms in total. The van der Waals surface area contributed by atoms with Crippen molar-refractivity contribution in [1.82, 2.24) is 19.7 Å². The van der Waals surface area contributed by atoms with E-state index in [1.807, 2.05) is 65.2 Å². The molecule has 0 aliphatic carbocycles. The minimum Gasteiger partial charge on any atom is -0.383 e. The molecule has 0 saturated carbocycles. The van der Waals surface area contributed by atoms with Gasteiger partial charge >= 0.3 is 0 Å². The number of pyridine rings is 1. The fourth-order valence-corrected chi connectivity index (χ4v) is 4.83. The molecule has 5 aromatic rings. The van der Waals surface area contributed by atoms with E-state index in [1.165, 1.54) is 23.9 Å². The molecule has 0 radical (unpaired) electrons. The second-order valence-corrected chi connectivity index (χ2v) is 8.90. The highest BCUT2D eigenvalue weighted by Gasteiger charge is 2.18. The smallest absolute Gasteiger partial charge is 0.191 e. The van der Waals surface area contributed by atoms with Crippen molar-refractivity contribution in [3.63, 3.8) is 0 Å². The van der Waals surface area contributed by atoms with Gasteiger partial charge in [-0.1, -0.05) is 60.3 Å². The lowest BCUT2D eigenvalue weighted by Crippen LogP contribution is -2.08. The Morgan fingerprint density at radius 2 is 1.63 bits per heavy atom. The molecule has 0 atom stereocenters. The van der Waals surface area contributed by atoms with Crippen molar-refractivity contribution in [2.45, 2.75) is 17.5 Å². The average molecular weight is 489 g/mol. The van der Waals surface area contributed by atoms with Gasteiger partial charge in [-0.25, -0.2) is 13.8 Å². The molecule has 0 aliphatic rings. The predicted octanol–water partition coefficient (Wildman–Crippen LogP) is 6.38. The van der Waals surface area contributed by atoms with E-state index in [-0.39, 0.29) is 0 Å². The van der Waals surface area contributed by atoms with Crippen LogP contribution in [0.25, 0.3) is 33.5 Å². The Morgan fingerprint density at radius 3 is 2.40 bits per heavy atom. The van der Waals surface area contributed by atoms with Crippen molar-refractivity contribution >= 4 is 22.7 Å². The number of fused-ring (bicyclic) bond motifs is 1. The van der Waals surface area contributed by atoms with Gasteiger partial charge in [0.05, 0.1) is 24.4 Å². The first-order valence-corrected chi connectivity index (χ1v) is 12.1. The highest BCUT2D eigenvalue weighted by Crippen LogP contribution is 2.33. The lowest BCUT2D eigenvalue weighted by molar-refractivity contribution is 0.185. The standard InChI is InChI=1S/C27H22F2N4OS/c1-34-12-11-33-26(31-32-27(33)35-17-18-13-20(28)15-21(29)14-18)23-16-25(19-7-3-2-4-8-19)30-24-10-6-5-9-22(23)24/h2-10,13-16H,11-12,17H2,1H3. The Balaban J connectivity index is 1.58. The second kappa shape index (κ2) is 10.3. The van der Waals surface area contributed by atoms with E-state index in [4.69, 9.17) is 9.72 Å². The lowest BCUT2D eigenvalue weighted by Gasteiger charge is -2.13. The molecule has 0 N–H and O–H groups in total. The van der Waals surface area contributed by atoms with Crippen LogP contribution in [0.5, 0.6) is 0 Å². The van der Waals surface area contributed by atoms with Crippen LogP contribution in [0, 0.1) is 11.6 Å². The highest BCUT2D eigenvalue weighted by molar-refractivity contribution is 7.98. The monoisotopic (exact) mass is 488 g/mol. The van der Waals surface area contributed by atoms with Gasteiger partial charge in [0.15, 0.2) is 11.0 Å². The summed E-state index contributed by atoms with van der Waals surface area (Å²) < 4.78 is 34.6. The first kappa shape index (κ1) is 23.1. The van der Waals surface area contributed by atoms with Crippen LogP contribution < -0.4 is 0 Å². The zero-order valence-electron chi connectivity index (χ0n) is 19.0. The maximum Gasteiger partial charge on any atom is 0.191 e. The molecule has 2 heterocycles. The van der Waals surface area contributed by atoms with Gasteiger partial charge in [-0.05, 0) is 29.8 Å². The fraction of sp³-hybridized carbons (Fsp3) is 0.148. The minimum absolute atomic E-state index is 0.353. The molecule has 3 aromatic carbocycles. The van der Waals surface area contributed by atoms with Crippen molar-refractivity contribution in [1.29, 1.82) is 0 Å². The molecule has 35 heavy (non-hydrogen) atoms. The average Bonchev–Trinajstić information content (AvgIpc) is 3.28. The van der Waals surface area contributed by atoms with E-state index in [9.17, 15) is 8.78 Å². The fourth-order valence-electron chi connectivity index (χ4n) is 3.94. The summed E-state index contributed by atoms with van der Waals surface area (Å²) in [6, 6.07) is 23.5. The first-order valence-electron chi connectivity index (χ1n) is 11.1. The number of para-hydroxylation sites is 1. The zero-order valence-corrected chi connectivity index (χ0v) is 19.8. The Morgan fingerprint density at radius 1 is 0.886 bits per heavy atom. The van der Waals surface area contributed by atoms with Crippen LogP contribution in [0.3, 0.4) is 0 Å². The molecule has 0 bridgehead atoms. The summed E-state index contributed by atoms with van der Waals surface area (Å²) in [6.45, 7) is 0.984. The topological polar surface area (TPSA) is 52.8 Å². The quantitative estimate of drug-likeness (QED) is 0.237. The maximum absolute atomic E-state index is 13.6. The molecule has 0 amide bonds. The van der Waals surface area contributed by atoms with E-state index in [0.29, 0.717) is 35.4 Å². The van der Waals surface area contributed by atoms with Gasteiger partial charge in [-0.2, -0.15) is 0 Å². The summed E-state index contributed by atoms with van der Waals surface area (Å²) in [5.41, 5.74) is 4.14. The van der Waals surface area contributed by atoms with Crippen molar-refractivity contribution in [2.75, 3.05) is 13.7 Å². The SMILES string of the molecule is COCCn1c(SCc2cc(F)cc(F)c2)nnc1-c1cc(-c2ccccc2)nc2ccccc12. The number of rotatable bonds is 8. The Bertz CT molecular complexity index is 1450. The molecular weight excluding hydrogens is 466 g/mol. The van der Waals surface area contributed by atoms with Crippen molar-refractivity contribution in [3.8, 4) is 22.6 Å². The number of hydrogen-bond acceptors (Lipinski definition) is 5. The van der Waals surface area contributed by atoms with Crippen molar-refractivity contribution in [3.05, 3.63) is 96.1 Å². The van der Waals surface area contributed by atoms with E-state index < -0.39 is 11.6 Å². The third kappa shape index (κ3) is 5.08. The summed E-state index contributed by atoms with van der Waals surface area (Å²) in [6.07, 6.45) is 0. The Kier molecular flexibility index (Phi) is 6.83. The zero-order chi connectivity index (χ0) is 24.2. The summed E-state index contributed by atoms with van der Waals surface area (Å²) in [4.78, 5) is 4.86. The van der Waals surface area contributed by atoms with Gasteiger partial charge in [0.25, 0.3) is 0 Å². The highest BCUT2D eigenvalue weighted by atomic mass is 32.2. The summed E-state index contributed by atoms with van der Waals surface area (Å²) in [5.74, 6) is -0.157. The van der Waals surface area contributed by atoms with E-state index in [0.717, 1.165) is 33.8 Å². The lowest BCUT2D eigenvalue weighted by atomic mass is 10.0. The van der Waals surface area contributed by atoms with Gasteiger partial charge in [-0.15, -0.1) is 10.2 Å².